The van der Waals surface area contributed by atoms with Crippen LogP contribution in [0, 0.1) is 6.92 Å². The zero-order valence-electron chi connectivity index (χ0n) is 15.1. The van der Waals surface area contributed by atoms with Crippen LogP contribution in [0.15, 0.2) is 71.3 Å². The molecule has 2 nitrogen and oxygen atoms in total. The summed E-state index contributed by atoms with van der Waals surface area (Å²) in [7, 11) is 0. The van der Waals surface area contributed by atoms with E-state index in [-0.39, 0.29) is 11.7 Å². The van der Waals surface area contributed by atoms with Gasteiger partial charge in [0, 0.05) is 29.2 Å². The molecule has 0 radical (unpaired) electrons. The lowest BCUT2D eigenvalue weighted by molar-refractivity contribution is -0.118. The Kier molecular flexibility index (Phi) is 6.00. The molecule has 0 fully saturated rings. The van der Waals surface area contributed by atoms with Gasteiger partial charge in [0.05, 0.1) is 0 Å². The second-order valence-electron chi connectivity index (χ2n) is 6.75. The highest BCUT2D eigenvalue weighted by Gasteiger charge is 2.12. The van der Waals surface area contributed by atoms with E-state index in [2.05, 4.69) is 58.2 Å². The van der Waals surface area contributed by atoms with E-state index in [1.165, 1.54) is 5.56 Å². The second-order valence-corrected chi connectivity index (χ2v) is 7.67. The first-order chi connectivity index (χ1) is 12.5. The van der Waals surface area contributed by atoms with Crippen LogP contribution in [0.2, 0.25) is 0 Å². The highest BCUT2D eigenvalue weighted by molar-refractivity contribution is 9.10. The van der Waals surface area contributed by atoms with Crippen LogP contribution >= 0.6 is 15.9 Å². The van der Waals surface area contributed by atoms with Gasteiger partial charge in [0.15, 0.2) is 0 Å². The summed E-state index contributed by atoms with van der Waals surface area (Å²) in [5.41, 5.74) is 5.57. The number of aryl methyl sites for hydroxylation is 1. The fraction of sp³-hybridized carbons (Fsp3) is 0.217. The molecule has 132 valence electrons. The average molecular weight is 408 g/mol. The van der Waals surface area contributed by atoms with Gasteiger partial charge in [-0.15, -0.1) is 0 Å². The molecule has 0 amide bonds. The standard InChI is InChI=1S/C23H22BrNO/c1-16(19-7-9-22(24)10-8-19)13-23(26)15-18-3-5-20(6-4-18)21-11-12-25-17(2)14-21/h3-12,14,16H,13,15H2,1-2H3. The second kappa shape index (κ2) is 8.41. The molecule has 0 saturated carbocycles. The van der Waals surface area contributed by atoms with E-state index in [1.807, 2.05) is 43.5 Å². The summed E-state index contributed by atoms with van der Waals surface area (Å²) >= 11 is 3.45. The van der Waals surface area contributed by atoms with Crippen LogP contribution in [0.3, 0.4) is 0 Å². The first-order valence-electron chi connectivity index (χ1n) is 8.80. The van der Waals surface area contributed by atoms with Crippen molar-refractivity contribution in [1.29, 1.82) is 0 Å². The fourth-order valence-electron chi connectivity index (χ4n) is 3.09. The molecule has 3 rings (SSSR count). The van der Waals surface area contributed by atoms with E-state index in [0.717, 1.165) is 26.9 Å². The summed E-state index contributed by atoms with van der Waals surface area (Å²) in [4.78, 5) is 16.7. The number of ketones is 1. The summed E-state index contributed by atoms with van der Waals surface area (Å²) in [6.45, 7) is 4.10. The number of pyridine rings is 1. The van der Waals surface area contributed by atoms with Crippen molar-refractivity contribution < 1.29 is 4.79 Å². The summed E-state index contributed by atoms with van der Waals surface area (Å²) in [5, 5.41) is 0. The fourth-order valence-corrected chi connectivity index (χ4v) is 3.36. The van der Waals surface area contributed by atoms with E-state index < -0.39 is 0 Å². The van der Waals surface area contributed by atoms with Crippen LogP contribution in [0.4, 0.5) is 0 Å². The largest absolute Gasteiger partial charge is 0.299 e. The molecule has 3 aromatic rings. The molecule has 0 spiro atoms. The number of Topliss-reactive ketones (excluding diaryl/α,β-unsaturated/α-hetero) is 1. The molecule has 1 atom stereocenters. The number of aromatic nitrogens is 1. The quantitative estimate of drug-likeness (QED) is 0.492. The van der Waals surface area contributed by atoms with Crippen molar-refractivity contribution in [3.63, 3.8) is 0 Å². The normalized spacial score (nSPS) is 12.0. The van der Waals surface area contributed by atoms with E-state index in [0.29, 0.717) is 12.8 Å². The number of hydrogen-bond acceptors (Lipinski definition) is 2. The summed E-state index contributed by atoms with van der Waals surface area (Å²) in [6, 6.07) is 20.5. The molecule has 1 unspecified atom stereocenters. The summed E-state index contributed by atoms with van der Waals surface area (Å²) in [6.07, 6.45) is 2.87. The van der Waals surface area contributed by atoms with Gasteiger partial charge in [-0.1, -0.05) is 59.3 Å². The molecule has 26 heavy (non-hydrogen) atoms. The van der Waals surface area contributed by atoms with Crippen molar-refractivity contribution in [2.24, 2.45) is 0 Å². The van der Waals surface area contributed by atoms with Crippen molar-refractivity contribution in [3.05, 3.63) is 88.2 Å². The third kappa shape index (κ3) is 4.89. The summed E-state index contributed by atoms with van der Waals surface area (Å²) < 4.78 is 1.06. The first-order valence-corrected chi connectivity index (χ1v) is 9.59. The van der Waals surface area contributed by atoms with Crippen molar-refractivity contribution in [1.82, 2.24) is 4.98 Å². The minimum Gasteiger partial charge on any atom is -0.299 e. The molecule has 1 heterocycles. The maximum absolute atomic E-state index is 12.4. The lowest BCUT2D eigenvalue weighted by atomic mass is 9.93. The number of carbonyl (C=O) groups is 1. The van der Waals surface area contributed by atoms with Crippen LogP contribution in [-0.4, -0.2) is 10.8 Å². The Hall–Kier alpha value is -2.26. The van der Waals surface area contributed by atoms with Gasteiger partial charge < -0.3 is 0 Å². The summed E-state index contributed by atoms with van der Waals surface area (Å²) in [5.74, 6) is 0.502. The van der Waals surface area contributed by atoms with E-state index in [9.17, 15) is 4.79 Å². The number of nitrogens with zero attached hydrogens (tertiary/aromatic N) is 1. The predicted octanol–water partition coefficient (Wildman–Crippen LogP) is 6.12. The van der Waals surface area contributed by atoms with Crippen molar-refractivity contribution in [2.45, 2.75) is 32.6 Å². The van der Waals surface area contributed by atoms with E-state index in [4.69, 9.17) is 0 Å². The molecule has 0 bridgehead atoms. The molecule has 0 aliphatic heterocycles. The van der Waals surface area contributed by atoms with Crippen LogP contribution in [0.25, 0.3) is 11.1 Å². The molecule has 0 N–H and O–H groups in total. The Balaban J connectivity index is 1.61. The van der Waals surface area contributed by atoms with Gasteiger partial charge in [-0.3, -0.25) is 9.78 Å². The molecule has 2 aromatic carbocycles. The van der Waals surface area contributed by atoms with Gasteiger partial charge in [-0.05, 0) is 59.4 Å². The van der Waals surface area contributed by atoms with Crippen LogP contribution in [0.5, 0.6) is 0 Å². The minimum absolute atomic E-state index is 0.231. The van der Waals surface area contributed by atoms with E-state index >= 15 is 0 Å². The lowest BCUT2D eigenvalue weighted by Gasteiger charge is -2.11. The molecule has 1 aromatic heterocycles. The number of rotatable bonds is 6. The third-order valence-corrected chi connectivity index (χ3v) is 5.09. The molecule has 0 aliphatic rings. The van der Waals surface area contributed by atoms with Crippen molar-refractivity contribution >= 4 is 21.7 Å². The number of carbonyl (C=O) groups excluding carboxylic acids is 1. The smallest absolute Gasteiger partial charge is 0.137 e. The minimum atomic E-state index is 0.231. The Bertz CT molecular complexity index is 885. The number of halogens is 1. The molecular formula is C23H22BrNO. The van der Waals surface area contributed by atoms with E-state index in [1.54, 1.807) is 0 Å². The third-order valence-electron chi connectivity index (χ3n) is 4.56. The van der Waals surface area contributed by atoms with Gasteiger partial charge >= 0.3 is 0 Å². The van der Waals surface area contributed by atoms with Gasteiger partial charge in [0.25, 0.3) is 0 Å². The van der Waals surface area contributed by atoms with Gasteiger partial charge in [0.2, 0.25) is 0 Å². The highest BCUT2D eigenvalue weighted by atomic mass is 79.9. The molecular weight excluding hydrogens is 386 g/mol. The lowest BCUT2D eigenvalue weighted by Crippen LogP contribution is -2.07. The topological polar surface area (TPSA) is 30.0 Å². The SMILES string of the molecule is Cc1cc(-c2ccc(CC(=O)CC(C)c3ccc(Br)cc3)cc2)ccn1. The van der Waals surface area contributed by atoms with Gasteiger partial charge in [0.1, 0.15) is 5.78 Å². The van der Waals surface area contributed by atoms with Crippen LogP contribution < -0.4 is 0 Å². The number of hydrogen-bond donors (Lipinski definition) is 0. The monoisotopic (exact) mass is 407 g/mol. The van der Waals surface area contributed by atoms with Crippen molar-refractivity contribution in [3.8, 4) is 11.1 Å². The predicted molar refractivity (Wildman–Crippen MR) is 110 cm³/mol. The van der Waals surface area contributed by atoms with Crippen LogP contribution in [0.1, 0.15) is 36.1 Å². The van der Waals surface area contributed by atoms with Crippen LogP contribution in [-0.2, 0) is 11.2 Å². The maximum Gasteiger partial charge on any atom is 0.137 e. The zero-order valence-corrected chi connectivity index (χ0v) is 16.7. The highest BCUT2D eigenvalue weighted by Crippen LogP contribution is 2.23. The molecule has 3 heteroatoms. The number of benzene rings is 2. The molecule has 0 aliphatic carbocycles. The van der Waals surface area contributed by atoms with Gasteiger partial charge in [-0.2, -0.15) is 0 Å². The maximum atomic E-state index is 12.4. The van der Waals surface area contributed by atoms with Crippen molar-refractivity contribution in [2.75, 3.05) is 0 Å². The zero-order chi connectivity index (χ0) is 18.5. The Morgan fingerprint density at radius 2 is 1.69 bits per heavy atom. The van der Waals surface area contributed by atoms with Gasteiger partial charge in [-0.25, -0.2) is 0 Å². The average Bonchev–Trinajstić information content (AvgIpc) is 2.62. The Morgan fingerprint density at radius 3 is 2.35 bits per heavy atom. The first kappa shape index (κ1) is 18.5. The molecule has 0 saturated heterocycles. The Labute approximate surface area is 163 Å². The Morgan fingerprint density at radius 1 is 1.00 bits per heavy atom.